The van der Waals surface area contributed by atoms with Crippen LogP contribution in [0.3, 0.4) is 0 Å². The van der Waals surface area contributed by atoms with Crippen molar-refractivity contribution < 1.29 is 26.7 Å². The highest BCUT2D eigenvalue weighted by molar-refractivity contribution is 7.99. The quantitative estimate of drug-likeness (QED) is 0.636. The van der Waals surface area contributed by atoms with E-state index in [0.29, 0.717) is 27.3 Å². The Bertz CT molecular complexity index is 803. The van der Waals surface area contributed by atoms with Crippen LogP contribution in [-0.2, 0) is 17.5 Å². The lowest BCUT2D eigenvalue weighted by Crippen LogP contribution is -2.31. The first-order valence-electron chi connectivity index (χ1n) is 6.78. The number of halogens is 5. The number of hydrogen-bond donors (Lipinski definition) is 1. The maximum absolute atomic E-state index is 12.7. The van der Waals surface area contributed by atoms with Crippen LogP contribution < -0.4 is 10.9 Å². The SMILES string of the molecule is O=C(Cn1cccc(C(F)(F)F)c1=O)Nc1ccc(SC(F)F)cc1. The highest BCUT2D eigenvalue weighted by atomic mass is 32.2. The molecule has 10 heteroatoms. The Hall–Kier alpha value is -2.36. The summed E-state index contributed by atoms with van der Waals surface area (Å²) < 4.78 is 63.1. The number of carbonyl (C=O) groups excluding carboxylic acids is 1. The highest BCUT2D eigenvalue weighted by Gasteiger charge is 2.34. The van der Waals surface area contributed by atoms with Crippen LogP contribution in [0.4, 0.5) is 27.6 Å². The summed E-state index contributed by atoms with van der Waals surface area (Å²) in [7, 11) is 0. The average molecular weight is 378 g/mol. The molecule has 1 heterocycles. The zero-order chi connectivity index (χ0) is 18.6. The molecule has 1 aromatic carbocycles. The van der Waals surface area contributed by atoms with Gasteiger partial charge in [0, 0.05) is 16.8 Å². The molecular weight excluding hydrogens is 367 g/mol. The van der Waals surface area contributed by atoms with Gasteiger partial charge in [-0.3, -0.25) is 9.59 Å². The summed E-state index contributed by atoms with van der Waals surface area (Å²) in [4.78, 5) is 23.9. The molecule has 0 radical (unpaired) electrons. The van der Waals surface area contributed by atoms with Gasteiger partial charge < -0.3 is 9.88 Å². The van der Waals surface area contributed by atoms with E-state index in [1.807, 2.05) is 0 Å². The number of nitrogens with one attached hydrogen (secondary N) is 1. The number of pyridine rings is 1. The van der Waals surface area contributed by atoms with E-state index in [-0.39, 0.29) is 5.69 Å². The molecule has 25 heavy (non-hydrogen) atoms. The molecular formula is C15H11F5N2O2S. The molecule has 0 saturated heterocycles. The molecule has 1 aromatic heterocycles. The van der Waals surface area contributed by atoms with Crippen LogP contribution in [0.1, 0.15) is 5.56 Å². The van der Waals surface area contributed by atoms with E-state index in [1.165, 1.54) is 24.3 Å². The van der Waals surface area contributed by atoms with Gasteiger partial charge in [-0.25, -0.2) is 0 Å². The smallest absolute Gasteiger partial charge is 0.325 e. The molecule has 134 valence electrons. The van der Waals surface area contributed by atoms with Gasteiger partial charge in [0.25, 0.3) is 11.3 Å². The average Bonchev–Trinajstić information content (AvgIpc) is 2.49. The van der Waals surface area contributed by atoms with Crippen molar-refractivity contribution in [2.75, 3.05) is 5.32 Å². The Morgan fingerprint density at radius 3 is 2.36 bits per heavy atom. The van der Waals surface area contributed by atoms with Gasteiger partial charge in [0.2, 0.25) is 5.91 Å². The van der Waals surface area contributed by atoms with Gasteiger partial charge in [-0.15, -0.1) is 0 Å². The highest BCUT2D eigenvalue weighted by Crippen LogP contribution is 2.27. The molecule has 0 spiro atoms. The van der Waals surface area contributed by atoms with E-state index in [2.05, 4.69) is 5.32 Å². The number of carbonyl (C=O) groups is 1. The molecule has 0 unspecified atom stereocenters. The molecule has 1 N–H and O–H groups in total. The standard InChI is InChI=1S/C15H11F5N2O2S/c16-14(17)25-10-5-3-9(4-6-10)21-12(23)8-22-7-1-2-11(13(22)24)15(18,19)20/h1-7,14H,8H2,(H,21,23). The third-order valence-corrected chi connectivity index (χ3v) is 3.73. The summed E-state index contributed by atoms with van der Waals surface area (Å²) >= 11 is 0.336. The predicted molar refractivity (Wildman–Crippen MR) is 82.6 cm³/mol. The van der Waals surface area contributed by atoms with Gasteiger partial charge >= 0.3 is 6.18 Å². The fourth-order valence-corrected chi connectivity index (χ4v) is 2.45. The minimum Gasteiger partial charge on any atom is -0.325 e. The lowest BCUT2D eigenvalue weighted by atomic mass is 10.2. The zero-order valence-electron chi connectivity index (χ0n) is 12.4. The molecule has 4 nitrogen and oxygen atoms in total. The molecule has 0 aliphatic carbocycles. The predicted octanol–water partition coefficient (Wildman–Crippen LogP) is 3.82. The number of nitrogens with zero attached hydrogens (tertiary/aromatic N) is 1. The first-order chi connectivity index (χ1) is 11.7. The van der Waals surface area contributed by atoms with Crippen molar-refractivity contribution >= 4 is 23.4 Å². The van der Waals surface area contributed by atoms with Gasteiger partial charge in [0.15, 0.2) is 0 Å². The largest absolute Gasteiger partial charge is 0.421 e. The Kier molecular flexibility index (Phi) is 5.83. The van der Waals surface area contributed by atoms with Crippen LogP contribution in [0.5, 0.6) is 0 Å². The number of thioether (sulfide) groups is 1. The maximum atomic E-state index is 12.7. The summed E-state index contributed by atoms with van der Waals surface area (Å²) in [5, 5.41) is 2.38. The Morgan fingerprint density at radius 1 is 1.16 bits per heavy atom. The van der Waals surface area contributed by atoms with Crippen molar-refractivity contribution in [2.24, 2.45) is 0 Å². The Morgan fingerprint density at radius 2 is 1.80 bits per heavy atom. The minimum absolute atomic E-state index is 0.267. The molecule has 0 atom stereocenters. The van der Waals surface area contributed by atoms with E-state index in [1.54, 1.807) is 0 Å². The fraction of sp³-hybridized carbons (Fsp3) is 0.200. The zero-order valence-corrected chi connectivity index (χ0v) is 13.2. The van der Waals surface area contributed by atoms with E-state index in [0.717, 1.165) is 12.3 Å². The van der Waals surface area contributed by atoms with Crippen LogP contribution in [0.2, 0.25) is 0 Å². The third kappa shape index (κ3) is 5.31. The van der Waals surface area contributed by atoms with E-state index < -0.39 is 35.5 Å². The lowest BCUT2D eigenvalue weighted by Gasteiger charge is -2.11. The van der Waals surface area contributed by atoms with Gasteiger partial charge in [-0.05, 0) is 36.4 Å². The molecule has 2 aromatic rings. The second-order valence-electron chi connectivity index (χ2n) is 4.80. The van der Waals surface area contributed by atoms with Crippen LogP contribution >= 0.6 is 11.8 Å². The first-order valence-corrected chi connectivity index (χ1v) is 7.66. The second-order valence-corrected chi connectivity index (χ2v) is 5.87. The summed E-state index contributed by atoms with van der Waals surface area (Å²) in [5.41, 5.74) is -2.42. The van der Waals surface area contributed by atoms with Crippen LogP contribution in [0.15, 0.2) is 52.3 Å². The van der Waals surface area contributed by atoms with Gasteiger partial charge in [-0.2, -0.15) is 22.0 Å². The summed E-state index contributed by atoms with van der Waals surface area (Å²) in [5.74, 6) is -3.30. The second kappa shape index (κ2) is 7.68. The molecule has 0 aliphatic rings. The van der Waals surface area contributed by atoms with Crippen molar-refractivity contribution in [1.82, 2.24) is 4.57 Å². The molecule has 2 rings (SSSR count). The summed E-state index contributed by atoms with van der Waals surface area (Å²) in [6.45, 7) is -0.615. The topological polar surface area (TPSA) is 51.1 Å². The normalized spacial score (nSPS) is 11.6. The van der Waals surface area contributed by atoms with Crippen molar-refractivity contribution in [3.8, 4) is 0 Å². The molecule has 0 aliphatic heterocycles. The first kappa shape index (κ1) is 19.0. The van der Waals surface area contributed by atoms with Crippen molar-refractivity contribution in [2.45, 2.75) is 23.4 Å². The number of alkyl halides is 5. The third-order valence-electron chi connectivity index (χ3n) is 3.00. The number of hydrogen-bond acceptors (Lipinski definition) is 3. The Labute approximate surface area is 142 Å². The number of benzene rings is 1. The maximum Gasteiger partial charge on any atom is 0.421 e. The van der Waals surface area contributed by atoms with Crippen LogP contribution in [0.25, 0.3) is 0 Å². The fourth-order valence-electron chi connectivity index (χ4n) is 1.95. The van der Waals surface area contributed by atoms with Gasteiger partial charge in [-0.1, -0.05) is 11.8 Å². The van der Waals surface area contributed by atoms with Crippen molar-refractivity contribution in [3.63, 3.8) is 0 Å². The molecule has 0 fully saturated rings. The number of rotatable bonds is 5. The van der Waals surface area contributed by atoms with E-state index in [9.17, 15) is 31.5 Å². The summed E-state index contributed by atoms with van der Waals surface area (Å²) in [6, 6.07) is 7.13. The van der Waals surface area contributed by atoms with Gasteiger partial charge in [0.05, 0.1) is 0 Å². The minimum atomic E-state index is -4.81. The van der Waals surface area contributed by atoms with E-state index in [4.69, 9.17) is 0 Å². The monoisotopic (exact) mass is 378 g/mol. The lowest BCUT2D eigenvalue weighted by molar-refractivity contribution is -0.139. The van der Waals surface area contributed by atoms with Crippen molar-refractivity contribution in [1.29, 1.82) is 0 Å². The number of amides is 1. The molecule has 1 amide bonds. The van der Waals surface area contributed by atoms with Crippen LogP contribution in [-0.4, -0.2) is 16.2 Å². The summed E-state index contributed by atoms with van der Waals surface area (Å²) in [6.07, 6.45) is -3.74. The van der Waals surface area contributed by atoms with Crippen LogP contribution in [0, 0.1) is 0 Å². The van der Waals surface area contributed by atoms with Crippen molar-refractivity contribution in [3.05, 3.63) is 58.5 Å². The number of aromatic nitrogens is 1. The van der Waals surface area contributed by atoms with E-state index >= 15 is 0 Å². The molecule has 0 saturated carbocycles. The molecule has 0 bridgehead atoms. The Balaban J connectivity index is 2.07. The number of anilines is 1. The van der Waals surface area contributed by atoms with Gasteiger partial charge in [0.1, 0.15) is 12.1 Å².